The van der Waals surface area contributed by atoms with Crippen LogP contribution in [0.4, 0.5) is 5.82 Å². The van der Waals surface area contributed by atoms with Gasteiger partial charge in [0.15, 0.2) is 0 Å². The highest BCUT2D eigenvalue weighted by Crippen LogP contribution is 2.21. The summed E-state index contributed by atoms with van der Waals surface area (Å²) in [6, 6.07) is 3.33. The maximum Gasteiger partial charge on any atom is 0.244 e. The predicted molar refractivity (Wildman–Crippen MR) is 81.8 cm³/mol. The second-order valence-electron chi connectivity index (χ2n) is 5.15. The van der Waals surface area contributed by atoms with E-state index in [2.05, 4.69) is 17.2 Å². The molecule has 6 nitrogen and oxygen atoms in total. The van der Waals surface area contributed by atoms with Gasteiger partial charge >= 0.3 is 0 Å². The van der Waals surface area contributed by atoms with Crippen molar-refractivity contribution in [2.75, 3.05) is 32.1 Å². The molecule has 1 saturated heterocycles. The van der Waals surface area contributed by atoms with Crippen molar-refractivity contribution in [1.29, 1.82) is 0 Å². The van der Waals surface area contributed by atoms with Gasteiger partial charge in [-0.3, -0.25) is 0 Å². The van der Waals surface area contributed by atoms with Crippen LogP contribution in [0.25, 0.3) is 0 Å². The summed E-state index contributed by atoms with van der Waals surface area (Å²) >= 11 is 0. The Morgan fingerprint density at radius 3 is 2.62 bits per heavy atom. The van der Waals surface area contributed by atoms with Crippen LogP contribution in [0.1, 0.15) is 26.2 Å². The Labute approximate surface area is 126 Å². The van der Waals surface area contributed by atoms with Crippen molar-refractivity contribution in [1.82, 2.24) is 9.29 Å². The van der Waals surface area contributed by atoms with Gasteiger partial charge < -0.3 is 10.1 Å². The van der Waals surface area contributed by atoms with Crippen molar-refractivity contribution in [3.63, 3.8) is 0 Å². The molecule has 118 valence electrons. The van der Waals surface area contributed by atoms with Crippen molar-refractivity contribution in [3.8, 4) is 0 Å². The van der Waals surface area contributed by atoms with Crippen LogP contribution in [0.2, 0.25) is 0 Å². The van der Waals surface area contributed by atoms with Gasteiger partial charge in [0.2, 0.25) is 10.0 Å². The molecule has 0 bridgehead atoms. The van der Waals surface area contributed by atoms with Gasteiger partial charge in [0.1, 0.15) is 10.7 Å². The molecule has 0 unspecified atom stereocenters. The van der Waals surface area contributed by atoms with Crippen molar-refractivity contribution < 1.29 is 13.2 Å². The number of rotatable bonds is 6. The molecule has 21 heavy (non-hydrogen) atoms. The zero-order chi connectivity index (χ0) is 15.3. The van der Waals surface area contributed by atoms with Crippen LogP contribution in [-0.2, 0) is 14.8 Å². The zero-order valence-corrected chi connectivity index (χ0v) is 13.4. The number of pyridine rings is 1. The van der Waals surface area contributed by atoms with Crippen LogP contribution in [0.15, 0.2) is 23.2 Å². The van der Waals surface area contributed by atoms with Gasteiger partial charge in [-0.1, -0.05) is 6.92 Å². The van der Waals surface area contributed by atoms with Crippen LogP contribution in [0, 0.1) is 0 Å². The van der Waals surface area contributed by atoms with E-state index in [1.165, 1.54) is 10.5 Å². The number of piperidine rings is 1. The lowest BCUT2D eigenvalue weighted by atomic mass is 10.1. The van der Waals surface area contributed by atoms with E-state index in [0.717, 1.165) is 25.8 Å². The van der Waals surface area contributed by atoms with E-state index in [1.807, 2.05) is 0 Å². The fourth-order valence-electron chi connectivity index (χ4n) is 2.35. The molecule has 0 amide bonds. The predicted octanol–water partition coefficient (Wildman–Crippen LogP) is 1.70. The molecule has 0 saturated carbocycles. The molecule has 2 rings (SSSR count). The molecule has 0 spiro atoms. The lowest BCUT2D eigenvalue weighted by molar-refractivity contribution is 0.0604. The summed E-state index contributed by atoms with van der Waals surface area (Å²) < 4.78 is 31.8. The molecule has 1 N–H and O–H groups in total. The summed E-state index contributed by atoms with van der Waals surface area (Å²) in [4.78, 5) is 4.42. The first-order chi connectivity index (χ1) is 10.1. The Bertz CT molecular complexity index is 537. The maximum absolute atomic E-state index is 12.5. The number of hydrogen-bond donors (Lipinski definition) is 1. The third-order valence-corrected chi connectivity index (χ3v) is 5.55. The van der Waals surface area contributed by atoms with E-state index >= 15 is 0 Å². The summed E-state index contributed by atoms with van der Waals surface area (Å²) in [6.45, 7) is 3.88. The van der Waals surface area contributed by atoms with Crippen molar-refractivity contribution >= 4 is 15.8 Å². The smallest absolute Gasteiger partial charge is 0.244 e. The van der Waals surface area contributed by atoms with Crippen LogP contribution in [0.3, 0.4) is 0 Å². The molecule has 0 radical (unpaired) electrons. The van der Waals surface area contributed by atoms with E-state index in [9.17, 15) is 8.42 Å². The quantitative estimate of drug-likeness (QED) is 0.865. The second-order valence-corrected chi connectivity index (χ2v) is 7.08. The highest BCUT2D eigenvalue weighted by molar-refractivity contribution is 7.89. The average molecular weight is 313 g/mol. The molecular formula is C14H23N3O3S. The van der Waals surface area contributed by atoms with Gasteiger partial charge in [0.05, 0.1) is 6.10 Å². The molecule has 1 aliphatic rings. The highest BCUT2D eigenvalue weighted by Gasteiger charge is 2.29. The summed E-state index contributed by atoms with van der Waals surface area (Å²) in [7, 11) is -1.78. The number of nitrogens with zero attached hydrogens (tertiary/aromatic N) is 2. The topological polar surface area (TPSA) is 71.5 Å². The van der Waals surface area contributed by atoms with Crippen LogP contribution in [0.5, 0.6) is 0 Å². The van der Waals surface area contributed by atoms with Crippen LogP contribution < -0.4 is 5.32 Å². The molecule has 2 heterocycles. The van der Waals surface area contributed by atoms with Crippen molar-refractivity contribution in [3.05, 3.63) is 18.3 Å². The van der Waals surface area contributed by atoms with Gasteiger partial charge in [0, 0.05) is 32.9 Å². The Balaban J connectivity index is 2.05. The fourth-order valence-corrected chi connectivity index (χ4v) is 3.76. The fraction of sp³-hybridized carbons (Fsp3) is 0.643. The minimum absolute atomic E-state index is 0.162. The van der Waals surface area contributed by atoms with Crippen molar-refractivity contribution in [2.45, 2.75) is 37.2 Å². The number of aromatic nitrogens is 1. The Morgan fingerprint density at radius 2 is 2.10 bits per heavy atom. The number of hydrogen-bond acceptors (Lipinski definition) is 5. The third kappa shape index (κ3) is 3.93. The number of sulfonamides is 1. The Kier molecular flexibility index (Phi) is 5.55. The van der Waals surface area contributed by atoms with Gasteiger partial charge in [-0.15, -0.1) is 0 Å². The molecule has 0 aromatic carbocycles. The van der Waals surface area contributed by atoms with Crippen molar-refractivity contribution in [2.24, 2.45) is 0 Å². The summed E-state index contributed by atoms with van der Waals surface area (Å²) in [5, 5.41) is 3.13. The van der Waals surface area contributed by atoms with Gasteiger partial charge in [-0.25, -0.2) is 13.4 Å². The van der Waals surface area contributed by atoms with E-state index in [4.69, 9.17) is 4.74 Å². The Morgan fingerprint density at radius 1 is 1.38 bits per heavy atom. The minimum Gasteiger partial charge on any atom is -0.381 e. The molecule has 1 aromatic heterocycles. The normalized spacial score (nSPS) is 17.8. The lowest BCUT2D eigenvalue weighted by Gasteiger charge is -2.30. The summed E-state index contributed by atoms with van der Waals surface area (Å²) in [5.41, 5.74) is 0. The second kappa shape index (κ2) is 7.20. The molecule has 0 atom stereocenters. The average Bonchev–Trinajstić information content (AvgIpc) is 2.53. The molecule has 1 aliphatic heterocycles. The lowest BCUT2D eigenvalue weighted by Crippen LogP contribution is -2.40. The van der Waals surface area contributed by atoms with Gasteiger partial charge in [-0.2, -0.15) is 4.31 Å². The van der Waals surface area contributed by atoms with Crippen LogP contribution >= 0.6 is 0 Å². The maximum atomic E-state index is 12.5. The first-order valence-corrected chi connectivity index (χ1v) is 8.74. The monoisotopic (exact) mass is 313 g/mol. The van der Waals surface area contributed by atoms with Gasteiger partial charge in [-0.05, 0) is 31.4 Å². The molecule has 1 fully saturated rings. The first-order valence-electron chi connectivity index (χ1n) is 7.30. The highest BCUT2D eigenvalue weighted by atomic mass is 32.2. The van der Waals surface area contributed by atoms with Crippen LogP contribution in [-0.4, -0.2) is 50.6 Å². The largest absolute Gasteiger partial charge is 0.381 e. The standard InChI is InChI=1S/C14H23N3O3S/c1-3-8-15-14-5-4-13(11-16-14)21(18,19)17-9-6-12(20-2)7-10-17/h4-5,11-12H,3,6-10H2,1-2H3,(H,15,16). The zero-order valence-electron chi connectivity index (χ0n) is 12.6. The minimum atomic E-state index is -3.44. The number of anilines is 1. The number of ether oxygens (including phenoxy) is 1. The Hall–Kier alpha value is -1.18. The molecule has 0 aliphatic carbocycles. The third-order valence-electron chi connectivity index (χ3n) is 3.66. The summed E-state index contributed by atoms with van der Waals surface area (Å²) in [5.74, 6) is 0.703. The van der Waals surface area contributed by atoms with Gasteiger partial charge in [0.25, 0.3) is 0 Å². The number of methoxy groups -OCH3 is 1. The molecule has 1 aromatic rings. The first kappa shape index (κ1) is 16.2. The van der Waals surface area contributed by atoms with E-state index in [-0.39, 0.29) is 11.0 Å². The van der Waals surface area contributed by atoms with E-state index in [1.54, 1.807) is 19.2 Å². The SMILES string of the molecule is CCCNc1ccc(S(=O)(=O)N2CCC(OC)CC2)cn1. The summed E-state index contributed by atoms with van der Waals surface area (Å²) in [6.07, 6.45) is 4.06. The number of nitrogens with one attached hydrogen (secondary N) is 1. The molecular weight excluding hydrogens is 290 g/mol. The van der Waals surface area contributed by atoms with E-state index < -0.39 is 10.0 Å². The van der Waals surface area contributed by atoms with E-state index in [0.29, 0.717) is 18.9 Å². The molecule has 7 heteroatoms.